The molecule has 0 N–H and O–H groups in total. The van der Waals surface area contributed by atoms with E-state index in [1.54, 1.807) is 23.5 Å². The molecule has 20 heavy (non-hydrogen) atoms. The van der Waals surface area contributed by atoms with Gasteiger partial charge in [-0.05, 0) is 50.7 Å². The average Bonchev–Trinajstić information content (AvgIpc) is 2.47. The first-order chi connectivity index (χ1) is 9.45. The van der Waals surface area contributed by atoms with Gasteiger partial charge in [-0.1, -0.05) is 28.1 Å². The molecule has 1 fully saturated rings. The average molecular weight is 361 g/mol. The Morgan fingerprint density at radius 3 is 2.30 bits per heavy atom. The Morgan fingerprint density at radius 1 is 1.25 bits per heavy atom. The summed E-state index contributed by atoms with van der Waals surface area (Å²) in [6, 6.07) is 7.19. The summed E-state index contributed by atoms with van der Waals surface area (Å²) in [5.41, 5.74) is 1.07. The summed E-state index contributed by atoms with van der Waals surface area (Å²) in [5.74, 6) is 0. The third-order valence-corrected chi connectivity index (χ3v) is 6.53. The summed E-state index contributed by atoms with van der Waals surface area (Å²) in [6.45, 7) is 1.90. The molecule has 0 spiro atoms. The fraction of sp³-hybridized carbons (Fsp3) is 0.571. The molecule has 0 unspecified atom stereocenters. The summed E-state index contributed by atoms with van der Waals surface area (Å²) < 4.78 is 26.8. The molecule has 112 valence electrons. The highest BCUT2D eigenvalue weighted by Gasteiger charge is 2.29. The van der Waals surface area contributed by atoms with Gasteiger partial charge < -0.3 is 4.90 Å². The molecule has 6 heteroatoms. The molecule has 1 aromatic rings. The molecule has 1 heterocycles. The maximum absolute atomic E-state index is 12.6. The second kappa shape index (κ2) is 6.56. The zero-order valence-corrected chi connectivity index (χ0v) is 14.3. The van der Waals surface area contributed by atoms with E-state index in [2.05, 4.69) is 27.9 Å². The van der Waals surface area contributed by atoms with Gasteiger partial charge in [0.25, 0.3) is 0 Å². The monoisotopic (exact) mass is 360 g/mol. The van der Waals surface area contributed by atoms with Crippen LogP contribution in [0.4, 0.5) is 0 Å². The zero-order chi connectivity index (χ0) is 14.8. The van der Waals surface area contributed by atoms with Crippen LogP contribution in [0.2, 0.25) is 0 Å². The highest BCUT2D eigenvalue weighted by atomic mass is 79.9. The Balaban J connectivity index is 2.16. The second-order valence-electron chi connectivity index (χ2n) is 5.33. The fourth-order valence-electron chi connectivity index (χ4n) is 2.47. The molecule has 0 saturated carbocycles. The maximum atomic E-state index is 12.6. The van der Waals surface area contributed by atoms with Crippen LogP contribution in [-0.4, -0.2) is 50.8 Å². The SMILES string of the molecule is CN1CCC(N(C)S(=O)(=O)c2ccc(CBr)cc2)CC1. The van der Waals surface area contributed by atoms with E-state index in [1.165, 1.54) is 0 Å². The van der Waals surface area contributed by atoms with Gasteiger partial charge in [-0.15, -0.1) is 0 Å². The van der Waals surface area contributed by atoms with Crippen LogP contribution in [-0.2, 0) is 15.4 Å². The molecule has 1 saturated heterocycles. The molecule has 1 aliphatic heterocycles. The minimum absolute atomic E-state index is 0.104. The number of halogens is 1. The van der Waals surface area contributed by atoms with Crippen LogP contribution in [0.1, 0.15) is 18.4 Å². The lowest BCUT2D eigenvalue weighted by Gasteiger charge is -2.34. The minimum atomic E-state index is -3.38. The van der Waals surface area contributed by atoms with E-state index >= 15 is 0 Å². The lowest BCUT2D eigenvalue weighted by Crippen LogP contribution is -2.44. The third-order valence-electron chi connectivity index (χ3n) is 3.96. The Hall–Kier alpha value is -0.430. The van der Waals surface area contributed by atoms with Crippen LogP contribution < -0.4 is 0 Å². The summed E-state index contributed by atoms with van der Waals surface area (Å²) in [7, 11) is 0.390. The summed E-state index contributed by atoms with van der Waals surface area (Å²) in [5, 5.41) is 0.734. The number of hydrogen-bond donors (Lipinski definition) is 0. The van der Waals surface area contributed by atoms with Crippen molar-refractivity contribution < 1.29 is 8.42 Å². The summed E-state index contributed by atoms with van der Waals surface area (Å²) >= 11 is 3.37. The lowest BCUT2D eigenvalue weighted by atomic mass is 10.1. The van der Waals surface area contributed by atoms with Crippen molar-refractivity contribution in [1.82, 2.24) is 9.21 Å². The first-order valence-electron chi connectivity index (χ1n) is 6.76. The lowest BCUT2D eigenvalue weighted by molar-refractivity contribution is 0.197. The van der Waals surface area contributed by atoms with Gasteiger partial charge in [0.1, 0.15) is 0 Å². The van der Waals surface area contributed by atoms with Crippen molar-refractivity contribution in [3.05, 3.63) is 29.8 Å². The first-order valence-corrected chi connectivity index (χ1v) is 9.33. The molecule has 1 aliphatic rings. The van der Waals surface area contributed by atoms with Gasteiger partial charge >= 0.3 is 0 Å². The van der Waals surface area contributed by atoms with Crippen LogP contribution in [0.25, 0.3) is 0 Å². The minimum Gasteiger partial charge on any atom is -0.306 e. The fourth-order valence-corrected chi connectivity index (χ4v) is 4.26. The molecule has 2 rings (SSSR count). The van der Waals surface area contributed by atoms with E-state index in [4.69, 9.17) is 0 Å². The van der Waals surface area contributed by atoms with Crippen LogP contribution in [0.3, 0.4) is 0 Å². The van der Waals surface area contributed by atoms with Crippen molar-refractivity contribution in [3.8, 4) is 0 Å². The Kier molecular flexibility index (Phi) is 5.23. The summed E-state index contributed by atoms with van der Waals surface area (Å²) in [4.78, 5) is 2.62. The number of piperidine rings is 1. The Labute approximate surface area is 129 Å². The number of benzene rings is 1. The van der Waals surface area contributed by atoms with E-state index in [0.717, 1.165) is 36.8 Å². The molecule has 0 amide bonds. The van der Waals surface area contributed by atoms with Gasteiger partial charge in [0.2, 0.25) is 10.0 Å². The third kappa shape index (κ3) is 3.42. The summed E-state index contributed by atoms with van der Waals surface area (Å²) in [6.07, 6.45) is 1.79. The predicted molar refractivity (Wildman–Crippen MR) is 84.5 cm³/mol. The van der Waals surface area contributed by atoms with Gasteiger partial charge in [0.05, 0.1) is 4.90 Å². The van der Waals surface area contributed by atoms with Gasteiger partial charge in [-0.2, -0.15) is 4.31 Å². The van der Waals surface area contributed by atoms with Gasteiger partial charge in [0.15, 0.2) is 0 Å². The number of nitrogens with zero attached hydrogens (tertiary/aromatic N) is 2. The quantitative estimate of drug-likeness (QED) is 0.773. The Morgan fingerprint density at radius 2 is 1.80 bits per heavy atom. The van der Waals surface area contributed by atoms with Crippen LogP contribution in [0.15, 0.2) is 29.2 Å². The standard InChI is InChI=1S/C14H21BrN2O2S/c1-16-9-7-13(8-10-16)17(2)20(18,19)14-5-3-12(11-15)4-6-14/h3-6,13H,7-11H2,1-2H3. The van der Waals surface area contributed by atoms with Crippen molar-refractivity contribution in [2.45, 2.75) is 29.1 Å². The highest BCUT2D eigenvalue weighted by molar-refractivity contribution is 9.08. The van der Waals surface area contributed by atoms with Crippen molar-refractivity contribution in [2.24, 2.45) is 0 Å². The number of sulfonamides is 1. The van der Waals surface area contributed by atoms with E-state index in [9.17, 15) is 8.42 Å². The molecular weight excluding hydrogens is 340 g/mol. The number of rotatable bonds is 4. The van der Waals surface area contributed by atoms with Crippen molar-refractivity contribution in [1.29, 1.82) is 0 Å². The Bertz CT molecular complexity index is 537. The second-order valence-corrected chi connectivity index (χ2v) is 7.89. The highest BCUT2D eigenvalue weighted by Crippen LogP contribution is 2.22. The number of hydrogen-bond acceptors (Lipinski definition) is 3. The van der Waals surface area contributed by atoms with E-state index in [1.807, 2.05) is 12.1 Å². The van der Waals surface area contributed by atoms with Crippen molar-refractivity contribution in [3.63, 3.8) is 0 Å². The van der Waals surface area contributed by atoms with Crippen LogP contribution >= 0.6 is 15.9 Å². The molecule has 0 aromatic heterocycles. The largest absolute Gasteiger partial charge is 0.306 e. The van der Waals surface area contributed by atoms with E-state index in [0.29, 0.717) is 4.90 Å². The number of likely N-dealkylation sites (tertiary alicyclic amines) is 1. The molecule has 0 aliphatic carbocycles. The predicted octanol–water partition coefficient (Wildman–Crippen LogP) is 2.30. The van der Waals surface area contributed by atoms with E-state index in [-0.39, 0.29) is 6.04 Å². The topological polar surface area (TPSA) is 40.6 Å². The van der Waals surface area contributed by atoms with E-state index < -0.39 is 10.0 Å². The van der Waals surface area contributed by atoms with Gasteiger partial charge in [0, 0.05) is 18.4 Å². The molecule has 0 radical (unpaired) electrons. The van der Waals surface area contributed by atoms with Crippen molar-refractivity contribution in [2.75, 3.05) is 27.2 Å². The smallest absolute Gasteiger partial charge is 0.243 e. The first kappa shape index (κ1) is 15.9. The zero-order valence-electron chi connectivity index (χ0n) is 11.9. The normalized spacial score (nSPS) is 18.6. The molecule has 0 bridgehead atoms. The van der Waals surface area contributed by atoms with Gasteiger partial charge in [-0.25, -0.2) is 8.42 Å². The molecular formula is C14H21BrN2O2S. The molecule has 0 atom stereocenters. The molecule has 4 nitrogen and oxygen atoms in total. The number of alkyl halides is 1. The van der Waals surface area contributed by atoms with Crippen molar-refractivity contribution >= 4 is 26.0 Å². The van der Waals surface area contributed by atoms with Crippen LogP contribution in [0, 0.1) is 0 Å². The van der Waals surface area contributed by atoms with Gasteiger partial charge in [-0.3, -0.25) is 0 Å². The van der Waals surface area contributed by atoms with Crippen LogP contribution in [0.5, 0.6) is 0 Å². The molecule has 1 aromatic carbocycles. The maximum Gasteiger partial charge on any atom is 0.243 e.